The van der Waals surface area contributed by atoms with Gasteiger partial charge in [-0.1, -0.05) is 39.5 Å². The third-order valence-corrected chi connectivity index (χ3v) is 0.957. The first-order chi connectivity index (χ1) is 3.91. The van der Waals surface area contributed by atoms with Gasteiger partial charge in [0.2, 0.25) is 0 Å². The van der Waals surface area contributed by atoms with Crippen LogP contribution < -0.4 is 0 Å². The summed E-state index contributed by atoms with van der Waals surface area (Å²) in [6.45, 7) is 4.46. The van der Waals surface area contributed by atoms with E-state index < -0.39 is 0 Å². The predicted molar refractivity (Wildman–Crippen MR) is 45.2 cm³/mol. The largest absolute Gasteiger partial charge is 0.400 e. The molecule has 0 unspecified atom stereocenters. The van der Waals surface area contributed by atoms with Gasteiger partial charge in [-0.05, 0) is 0 Å². The summed E-state index contributed by atoms with van der Waals surface area (Å²) in [7, 11) is 1.00. The van der Waals surface area contributed by atoms with Crippen molar-refractivity contribution in [2.75, 3.05) is 7.11 Å². The van der Waals surface area contributed by atoms with Crippen LogP contribution in [0.2, 0.25) is 0 Å². The van der Waals surface area contributed by atoms with E-state index in [1.807, 2.05) is 0 Å². The molecule has 60 valence electrons. The average Bonchev–Trinajstić information content (AvgIpc) is 1.88. The molecule has 0 bridgehead atoms. The molecule has 0 amide bonds. The van der Waals surface area contributed by atoms with Gasteiger partial charge in [-0.3, -0.25) is 0 Å². The van der Waals surface area contributed by atoms with Gasteiger partial charge in [0.15, 0.2) is 0 Å². The molecule has 0 saturated carbocycles. The monoisotopic (exact) mass is 154 g/mol. The fraction of sp³-hybridized carbons (Fsp3) is 1.00. The number of aliphatic hydroxyl groups excluding tert-OH is 1. The van der Waals surface area contributed by atoms with E-state index in [9.17, 15) is 0 Å². The molecule has 0 atom stereocenters. The summed E-state index contributed by atoms with van der Waals surface area (Å²) < 4.78 is 0. The second-order valence-electron chi connectivity index (χ2n) is 1.71. The highest BCUT2D eigenvalue weighted by molar-refractivity contribution is 5.85. The second kappa shape index (κ2) is 24.0. The van der Waals surface area contributed by atoms with Crippen LogP contribution in [0.25, 0.3) is 0 Å². The molecule has 0 aromatic heterocycles. The van der Waals surface area contributed by atoms with Crippen LogP contribution in [-0.2, 0) is 0 Å². The van der Waals surface area contributed by atoms with Crippen LogP contribution in [0.4, 0.5) is 0 Å². The molecule has 0 radical (unpaired) electrons. The lowest BCUT2D eigenvalue weighted by Gasteiger charge is -1.86. The summed E-state index contributed by atoms with van der Waals surface area (Å²) >= 11 is 0. The van der Waals surface area contributed by atoms with Gasteiger partial charge < -0.3 is 5.11 Å². The van der Waals surface area contributed by atoms with Crippen LogP contribution >= 0.6 is 12.4 Å². The molecule has 0 heterocycles. The Balaban J connectivity index is -0.000000109. The molecule has 0 fully saturated rings. The van der Waals surface area contributed by atoms with E-state index in [1.54, 1.807) is 0 Å². The highest BCUT2D eigenvalue weighted by Gasteiger charge is 1.75. The van der Waals surface area contributed by atoms with Crippen molar-refractivity contribution in [1.82, 2.24) is 0 Å². The van der Waals surface area contributed by atoms with Gasteiger partial charge in [-0.2, -0.15) is 0 Å². The molecular formula is C7H19ClO. The maximum absolute atomic E-state index is 7.00. The maximum atomic E-state index is 7.00. The molecule has 0 aromatic carbocycles. The first-order valence-electron chi connectivity index (χ1n) is 3.36. The summed E-state index contributed by atoms with van der Waals surface area (Å²) in [4.78, 5) is 0. The van der Waals surface area contributed by atoms with Gasteiger partial charge in [0.25, 0.3) is 0 Å². The molecule has 9 heavy (non-hydrogen) atoms. The smallest absolute Gasteiger partial charge is 0.0319 e. The Morgan fingerprint density at radius 3 is 1.22 bits per heavy atom. The highest BCUT2D eigenvalue weighted by atomic mass is 35.5. The Kier molecular flexibility index (Phi) is 43.0. The fourth-order valence-corrected chi connectivity index (χ4v) is 0.500. The number of unbranched alkanes of at least 4 members (excludes halogenated alkanes) is 3. The minimum Gasteiger partial charge on any atom is -0.400 e. The predicted octanol–water partition coefficient (Wildman–Crippen LogP) is 2.62. The first kappa shape index (κ1) is 16.1. The van der Waals surface area contributed by atoms with E-state index in [4.69, 9.17) is 5.11 Å². The van der Waals surface area contributed by atoms with Crippen LogP contribution in [0.3, 0.4) is 0 Å². The van der Waals surface area contributed by atoms with Crippen LogP contribution in [0.5, 0.6) is 0 Å². The zero-order valence-electron chi connectivity index (χ0n) is 6.68. The average molecular weight is 155 g/mol. The highest BCUT2D eigenvalue weighted by Crippen LogP contribution is 1.95. The Morgan fingerprint density at radius 1 is 0.889 bits per heavy atom. The molecule has 0 aromatic rings. The zero-order valence-corrected chi connectivity index (χ0v) is 7.50. The van der Waals surface area contributed by atoms with Crippen LogP contribution in [-0.4, -0.2) is 12.2 Å². The lowest BCUT2D eigenvalue weighted by Crippen LogP contribution is -1.66. The molecule has 0 aliphatic rings. The molecule has 0 aliphatic carbocycles. The molecule has 1 N–H and O–H groups in total. The van der Waals surface area contributed by atoms with Crippen LogP contribution in [0.1, 0.15) is 39.5 Å². The van der Waals surface area contributed by atoms with Crippen LogP contribution in [0, 0.1) is 0 Å². The number of halogens is 1. The molecule has 0 rings (SSSR count). The Morgan fingerprint density at radius 2 is 1.11 bits per heavy atom. The van der Waals surface area contributed by atoms with Crippen molar-refractivity contribution in [3.8, 4) is 0 Å². The third-order valence-electron chi connectivity index (χ3n) is 0.957. The SMILES string of the molecule is CCCCCC.CO.Cl. The van der Waals surface area contributed by atoms with Gasteiger partial charge in [0, 0.05) is 7.11 Å². The molecule has 0 saturated heterocycles. The minimum absolute atomic E-state index is 0. The van der Waals surface area contributed by atoms with E-state index in [0.717, 1.165) is 7.11 Å². The molecule has 0 aliphatic heterocycles. The first-order valence-corrected chi connectivity index (χ1v) is 3.36. The summed E-state index contributed by atoms with van der Waals surface area (Å²) in [5.74, 6) is 0. The van der Waals surface area contributed by atoms with E-state index in [0.29, 0.717) is 0 Å². The van der Waals surface area contributed by atoms with Crippen molar-refractivity contribution in [3.05, 3.63) is 0 Å². The second-order valence-corrected chi connectivity index (χ2v) is 1.71. The quantitative estimate of drug-likeness (QED) is 0.620. The Labute approximate surface area is 64.9 Å². The van der Waals surface area contributed by atoms with Crippen molar-refractivity contribution in [3.63, 3.8) is 0 Å². The summed E-state index contributed by atoms with van der Waals surface area (Å²) in [6.07, 6.45) is 5.54. The number of aliphatic hydroxyl groups is 1. The summed E-state index contributed by atoms with van der Waals surface area (Å²) in [5.41, 5.74) is 0. The van der Waals surface area contributed by atoms with Crippen molar-refractivity contribution in [2.45, 2.75) is 39.5 Å². The maximum Gasteiger partial charge on any atom is 0.0319 e. The van der Waals surface area contributed by atoms with Crippen molar-refractivity contribution in [2.24, 2.45) is 0 Å². The van der Waals surface area contributed by atoms with Crippen molar-refractivity contribution >= 4 is 12.4 Å². The lowest BCUT2D eigenvalue weighted by molar-refractivity contribution is 0.399. The van der Waals surface area contributed by atoms with Gasteiger partial charge in [-0.15, -0.1) is 12.4 Å². The molecule has 2 heteroatoms. The standard InChI is InChI=1S/C6H14.CH4O.ClH/c1-3-5-6-4-2;1-2;/h3-6H2,1-2H3;2H,1H3;1H. The zero-order chi connectivity index (χ0) is 6.83. The molecule has 1 nitrogen and oxygen atoms in total. The lowest BCUT2D eigenvalue weighted by atomic mass is 10.2. The topological polar surface area (TPSA) is 20.2 Å². The van der Waals surface area contributed by atoms with Crippen molar-refractivity contribution < 1.29 is 5.11 Å². The van der Waals surface area contributed by atoms with Gasteiger partial charge in [-0.25, -0.2) is 0 Å². The normalized spacial score (nSPS) is 6.67. The van der Waals surface area contributed by atoms with E-state index >= 15 is 0 Å². The van der Waals surface area contributed by atoms with Gasteiger partial charge >= 0.3 is 0 Å². The number of hydrogen-bond donors (Lipinski definition) is 1. The van der Waals surface area contributed by atoms with Crippen LogP contribution in [0.15, 0.2) is 0 Å². The van der Waals surface area contributed by atoms with Gasteiger partial charge in [0.1, 0.15) is 0 Å². The van der Waals surface area contributed by atoms with E-state index in [-0.39, 0.29) is 12.4 Å². The Bertz CT molecular complexity index is 20.9. The van der Waals surface area contributed by atoms with Crippen molar-refractivity contribution in [1.29, 1.82) is 0 Å². The van der Waals surface area contributed by atoms with Gasteiger partial charge in [0.05, 0.1) is 0 Å². The number of hydrogen-bond acceptors (Lipinski definition) is 1. The van der Waals surface area contributed by atoms with E-state index in [1.165, 1.54) is 25.7 Å². The Hall–Kier alpha value is 0.250. The summed E-state index contributed by atoms with van der Waals surface area (Å²) in [5, 5.41) is 7.00. The molecular weight excluding hydrogens is 136 g/mol. The van der Waals surface area contributed by atoms with E-state index in [2.05, 4.69) is 13.8 Å². The number of rotatable bonds is 3. The minimum atomic E-state index is 0. The molecule has 0 spiro atoms. The fourth-order valence-electron chi connectivity index (χ4n) is 0.500. The summed E-state index contributed by atoms with van der Waals surface area (Å²) in [6, 6.07) is 0. The third kappa shape index (κ3) is 30.5.